The minimum absolute atomic E-state index is 0.116. The molecule has 0 saturated heterocycles. The van der Waals surface area contributed by atoms with Gasteiger partial charge in [0.1, 0.15) is 0 Å². The second-order valence-corrected chi connectivity index (χ2v) is 8.95. The van der Waals surface area contributed by atoms with Crippen molar-refractivity contribution in [3.05, 3.63) is 83.4 Å². The highest BCUT2D eigenvalue weighted by molar-refractivity contribution is 7.99. The van der Waals surface area contributed by atoms with Crippen LogP contribution >= 0.6 is 11.8 Å². The van der Waals surface area contributed by atoms with E-state index < -0.39 is 0 Å². The standard InChI is InChI=1S/C27H27N5O3S/c1-18-8-12-20(13-9-18)26-30-31-27(32(26)22-14-10-19(2)11-15-22)36-17-24(33)29-28-16-21-6-5-7-23(34-3)25(21)35-4/h5-16H,17H2,1-4H3,(H,29,33). The zero-order valence-electron chi connectivity index (χ0n) is 20.6. The van der Waals surface area contributed by atoms with Crippen LogP contribution in [0, 0.1) is 13.8 Å². The van der Waals surface area contributed by atoms with Crippen molar-refractivity contribution in [2.24, 2.45) is 5.10 Å². The van der Waals surface area contributed by atoms with E-state index in [2.05, 4.69) is 20.7 Å². The van der Waals surface area contributed by atoms with E-state index in [0.29, 0.717) is 28.0 Å². The Kier molecular flexibility index (Phi) is 8.02. The lowest BCUT2D eigenvalue weighted by molar-refractivity contribution is -0.118. The highest BCUT2D eigenvalue weighted by Crippen LogP contribution is 2.30. The number of carbonyl (C=O) groups is 1. The van der Waals surface area contributed by atoms with Gasteiger partial charge in [-0.2, -0.15) is 5.10 Å². The van der Waals surface area contributed by atoms with Crippen LogP contribution in [0.5, 0.6) is 11.5 Å². The van der Waals surface area contributed by atoms with E-state index in [4.69, 9.17) is 9.47 Å². The topological polar surface area (TPSA) is 90.6 Å². The fourth-order valence-corrected chi connectivity index (χ4v) is 4.27. The van der Waals surface area contributed by atoms with Crippen LogP contribution in [0.25, 0.3) is 17.1 Å². The summed E-state index contributed by atoms with van der Waals surface area (Å²) >= 11 is 1.29. The molecule has 0 bridgehead atoms. The summed E-state index contributed by atoms with van der Waals surface area (Å²) in [6.45, 7) is 4.08. The van der Waals surface area contributed by atoms with Crippen molar-refractivity contribution in [1.29, 1.82) is 0 Å². The number of amides is 1. The molecule has 1 heterocycles. The molecule has 0 spiro atoms. The van der Waals surface area contributed by atoms with Crippen molar-refractivity contribution < 1.29 is 14.3 Å². The van der Waals surface area contributed by atoms with Gasteiger partial charge in [-0.3, -0.25) is 9.36 Å². The predicted molar refractivity (Wildman–Crippen MR) is 142 cm³/mol. The molecular weight excluding hydrogens is 474 g/mol. The molecule has 0 unspecified atom stereocenters. The molecule has 0 radical (unpaired) electrons. The van der Waals surface area contributed by atoms with Crippen LogP contribution in [-0.2, 0) is 4.79 Å². The summed E-state index contributed by atoms with van der Waals surface area (Å²) in [5.41, 5.74) is 7.43. The maximum Gasteiger partial charge on any atom is 0.250 e. The van der Waals surface area contributed by atoms with Gasteiger partial charge in [-0.25, -0.2) is 5.43 Å². The largest absolute Gasteiger partial charge is 0.493 e. The first kappa shape index (κ1) is 25.0. The van der Waals surface area contributed by atoms with E-state index in [-0.39, 0.29) is 11.7 Å². The van der Waals surface area contributed by atoms with E-state index >= 15 is 0 Å². The molecule has 1 aromatic heterocycles. The highest BCUT2D eigenvalue weighted by atomic mass is 32.2. The lowest BCUT2D eigenvalue weighted by atomic mass is 10.1. The summed E-state index contributed by atoms with van der Waals surface area (Å²) in [5.74, 6) is 1.69. The zero-order chi connectivity index (χ0) is 25.5. The van der Waals surface area contributed by atoms with Gasteiger partial charge in [0, 0.05) is 16.8 Å². The second-order valence-electron chi connectivity index (χ2n) is 8.01. The summed E-state index contributed by atoms with van der Waals surface area (Å²) in [7, 11) is 3.12. The number of hydrazone groups is 1. The van der Waals surface area contributed by atoms with Crippen molar-refractivity contribution in [2.45, 2.75) is 19.0 Å². The number of nitrogens with zero attached hydrogens (tertiary/aromatic N) is 4. The fourth-order valence-electron chi connectivity index (χ4n) is 3.53. The summed E-state index contributed by atoms with van der Waals surface area (Å²) in [4.78, 5) is 12.5. The first-order chi connectivity index (χ1) is 17.5. The van der Waals surface area contributed by atoms with Crippen LogP contribution in [0.1, 0.15) is 16.7 Å². The quantitative estimate of drug-likeness (QED) is 0.201. The third-order valence-corrected chi connectivity index (χ3v) is 6.32. The molecule has 0 aliphatic heterocycles. The molecule has 0 atom stereocenters. The van der Waals surface area contributed by atoms with E-state index in [0.717, 1.165) is 16.8 Å². The molecular formula is C27H27N5O3S. The van der Waals surface area contributed by atoms with Gasteiger partial charge in [0.05, 0.1) is 26.2 Å². The number of thioether (sulfide) groups is 1. The first-order valence-corrected chi connectivity index (χ1v) is 12.2. The number of ether oxygens (including phenoxy) is 2. The molecule has 1 amide bonds. The second kappa shape index (κ2) is 11.5. The average molecular weight is 502 g/mol. The lowest BCUT2D eigenvalue weighted by Gasteiger charge is -2.11. The monoisotopic (exact) mass is 501 g/mol. The number of aryl methyl sites for hydroxylation is 2. The average Bonchev–Trinajstić information content (AvgIpc) is 3.32. The van der Waals surface area contributed by atoms with Gasteiger partial charge in [0.25, 0.3) is 5.91 Å². The smallest absolute Gasteiger partial charge is 0.250 e. The van der Waals surface area contributed by atoms with Crippen LogP contribution in [0.3, 0.4) is 0 Å². The number of aromatic nitrogens is 3. The number of nitrogens with one attached hydrogen (secondary N) is 1. The highest BCUT2D eigenvalue weighted by Gasteiger charge is 2.17. The molecule has 1 N–H and O–H groups in total. The fraction of sp³-hybridized carbons (Fsp3) is 0.185. The Morgan fingerprint density at radius 2 is 1.67 bits per heavy atom. The van der Waals surface area contributed by atoms with Crippen LogP contribution in [0.2, 0.25) is 0 Å². The Labute approximate surface area is 214 Å². The van der Waals surface area contributed by atoms with Crippen molar-refractivity contribution in [1.82, 2.24) is 20.2 Å². The van der Waals surface area contributed by atoms with Crippen molar-refractivity contribution in [3.8, 4) is 28.6 Å². The van der Waals surface area contributed by atoms with Gasteiger partial charge in [0.2, 0.25) is 0 Å². The van der Waals surface area contributed by atoms with E-state index in [1.54, 1.807) is 20.3 Å². The summed E-state index contributed by atoms with van der Waals surface area (Å²) in [6, 6.07) is 21.7. The molecule has 8 nitrogen and oxygen atoms in total. The maximum absolute atomic E-state index is 12.5. The molecule has 36 heavy (non-hydrogen) atoms. The van der Waals surface area contributed by atoms with Crippen LogP contribution in [-0.4, -0.2) is 46.9 Å². The molecule has 0 aliphatic rings. The van der Waals surface area contributed by atoms with Gasteiger partial charge in [0.15, 0.2) is 22.5 Å². The van der Waals surface area contributed by atoms with Crippen LogP contribution < -0.4 is 14.9 Å². The minimum Gasteiger partial charge on any atom is -0.493 e. The number of hydrogen-bond acceptors (Lipinski definition) is 7. The van der Waals surface area contributed by atoms with Gasteiger partial charge in [-0.15, -0.1) is 10.2 Å². The minimum atomic E-state index is -0.270. The lowest BCUT2D eigenvalue weighted by Crippen LogP contribution is -2.20. The predicted octanol–water partition coefficient (Wildman–Crippen LogP) is 4.81. The SMILES string of the molecule is COc1cccc(C=NNC(=O)CSc2nnc(-c3ccc(C)cc3)n2-c2ccc(C)cc2)c1OC. The maximum atomic E-state index is 12.5. The molecule has 4 aromatic rings. The van der Waals surface area contributed by atoms with E-state index in [9.17, 15) is 4.79 Å². The molecule has 184 valence electrons. The Morgan fingerprint density at radius 1 is 0.972 bits per heavy atom. The third kappa shape index (κ3) is 5.75. The Morgan fingerprint density at radius 3 is 2.33 bits per heavy atom. The van der Waals surface area contributed by atoms with Crippen LogP contribution in [0.4, 0.5) is 0 Å². The summed E-state index contributed by atoms with van der Waals surface area (Å²) in [6.07, 6.45) is 1.52. The van der Waals surface area contributed by atoms with Crippen molar-refractivity contribution in [2.75, 3.05) is 20.0 Å². The Balaban J connectivity index is 1.50. The van der Waals surface area contributed by atoms with E-state index in [1.807, 2.05) is 79.1 Å². The molecule has 3 aromatic carbocycles. The van der Waals surface area contributed by atoms with Gasteiger partial charge in [-0.05, 0) is 38.1 Å². The van der Waals surface area contributed by atoms with Crippen molar-refractivity contribution >= 4 is 23.9 Å². The molecule has 0 aliphatic carbocycles. The van der Waals surface area contributed by atoms with Gasteiger partial charge in [-0.1, -0.05) is 65.4 Å². The molecule has 4 rings (SSSR count). The number of carbonyl (C=O) groups excluding carboxylic acids is 1. The van der Waals surface area contributed by atoms with E-state index in [1.165, 1.54) is 23.5 Å². The Bertz CT molecular complexity index is 1370. The number of methoxy groups -OCH3 is 2. The summed E-state index contributed by atoms with van der Waals surface area (Å²) in [5, 5.41) is 13.5. The molecule has 9 heteroatoms. The van der Waals surface area contributed by atoms with Gasteiger partial charge < -0.3 is 9.47 Å². The number of para-hydroxylation sites is 1. The molecule has 0 saturated carbocycles. The summed E-state index contributed by atoms with van der Waals surface area (Å²) < 4.78 is 12.6. The van der Waals surface area contributed by atoms with Gasteiger partial charge >= 0.3 is 0 Å². The van der Waals surface area contributed by atoms with Crippen molar-refractivity contribution in [3.63, 3.8) is 0 Å². The zero-order valence-corrected chi connectivity index (χ0v) is 21.4. The number of hydrogen-bond donors (Lipinski definition) is 1. The first-order valence-electron chi connectivity index (χ1n) is 11.3. The number of benzene rings is 3. The Hall–Kier alpha value is -4.11. The normalized spacial score (nSPS) is 11.0. The third-order valence-electron chi connectivity index (χ3n) is 5.39. The molecule has 0 fully saturated rings. The van der Waals surface area contributed by atoms with Crippen LogP contribution in [0.15, 0.2) is 77.0 Å². The number of rotatable bonds is 9.